The van der Waals surface area contributed by atoms with Crippen molar-refractivity contribution < 1.29 is 9.90 Å². The van der Waals surface area contributed by atoms with Crippen LogP contribution in [0.3, 0.4) is 0 Å². The Morgan fingerprint density at radius 3 is 2.37 bits per heavy atom. The van der Waals surface area contributed by atoms with Gasteiger partial charge in [0, 0.05) is 18.6 Å². The SMILES string of the molecule is CC1(C(=O)NCC2CCCCC2CO)CCCCC1. The number of hydrogen-bond acceptors (Lipinski definition) is 2. The maximum atomic E-state index is 12.4. The largest absolute Gasteiger partial charge is 0.396 e. The Bertz CT molecular complexity index is 297. The summed E-state index contributed by atoms with van der Waals surface area (Å²) in [5.41, 5.74) is -0.137. The first-order valence-corrected chi connectivity index (χ1v) is 8.05. The topological polar surface area (TPSA) is 49.3 Å². The smallest absolute Gasteiger partial charge is 0.225 e. The zero-order chi connectivity index (χ0) is 13.7. The standard InChI is InChI=1S/C16H29NO2/c1-16(9-5-2-6-10-16)15(19)17-11-13-7-3-4-8-14(13)12-18/h13-14,18H,2-12H2,1H3,(H,17,19). The molecule has 2 unspecified atom stereocenters. The highest BCUT2D eigenvalue weighted by Crippen LogP contribution is 2.36. The van der Waals surface area contributed by atoms with E-state index in [0.717, 1.165) is 32.2 Å². The van der Waals surface area contributed by atoms with E-state index in [1.54, 1.807) is 0 Å². The van der Waals surface area contributed by atoms with E-state index in [1.165, 1.54) is 32.1 Å². The summed E-state index contributed by atoms with van der Waals surface area (Å²) in [6.45, 7) is 3.16. The molecule has 2 aliphatic carbocycles. The lowest BCUT2D eigenvalue weighted by Gasteiger charge is -2.34. The minimum absolute atomic E-state index is 0.137. The fraction of sp³-hybridized carbons (Fsp3) is 0.938. The van der Waals surface area contributed by atoms with Gasteiger partial charge in [0.2, 0.25) is 5.91 Å². The number of rotatable bonds is 4. The third-order valence-electron chi connectivity index (χ3n) is 5.33. The maximum Gasteiger partial charge on any atom is 0.225 e. The first kappa shape index (κ1) is 14.8. The van der Waals surface area contributed by atoms with E-state index in [0.29, 0.717) is 11.8 Å². The van der Waals surface area contributed by atoms with Crippen molar-refractivity contribution in [3.8, 4) is 0 Å². The Kier molecular flexibility index (Phi) is 5.26. The molecule has 2 aliphatic rings. The van der Waals surface area contributed by atoms with E-state index in [9.17, 15) is 9.90 Å². The maximum absolute atomic E-state index is 12.4. The number of hydrogen-bond donors (Lipinski definition) is 2. The van der Waals surface area contributed by atoms with E-state index >= 15 is 0 Å². The van der Waals surface area contributed by atoms with E-state index in [-0.39, 0.29) is 17.9 Å². The Morgan fingerprint density at radius 2 is 1.74 bits per heavy atom. The molecule has 0 aromatic heterocycles. The molecule has 2 fully saturated rings. The summed E-state index contributed by atoms with van der Waals surface area (Å²) >= 11 is 0. The van der Waals surface area contributed by atoms with Crippen LogP contribution >= 0.6 is 0 Å². The molecular weight excluding hydrogens is 238 g/mol. The Labute approximate surface area is 117 Å². The van der Waals surface area contributed by atoms with E-state index in [4.69, 9.17) is 0 Å². The van der Waals surface area contributed by atoms with Gasteiger partial charge in [0.25, 0.3) is 0 Å². The molecule has 0 spiro atoms. The summed E-state index contributed by atoms with van der Waals surface area (Å²) in [6, 6.07) is 0. The molecule has 0 radical (unpaired) electrons. The highest BCUT2D eigenvalue weighted by molar-refractivity contribution is 5.82. The molecule has 2 saturated carbocycles. The van der Waals surface area contributed by atoms with Crippen molar-refractivity contribution in [2.45, 2.75) is 64.7 Å². The molecule has 0 bridgehead atoms. The Balaban J connectivity index is 1.81. The number of amides is 1. The molecule has 2 rings (SSSR count). The lowest BCUT2D eigenvalue weighted by Crippen LogP contribution is -2.43. The van der Waals surface area contributed by atoms with Crippen molar-refractivity contribution in [2.75, 3.05) is 13.2 Å². The van der Waals surface area contributed by atoms with Crippen LogP contribution in [0.2, 0.25) is 0 Å². The molecule has 2 atom stereocenters. The summed E-state index contributed by atoms with van der Waals surface area (Å²) < 4.78 is 0. The van der Waals surface area contributed by atoms with Gasteiger partial charge in [-0.3, -0.25) is 4.79 Å². The molecular formula is C16H29NO2. The first-order valence-electron chi connectivity index (χ1n) is 8.05. The number of carbonyl (C=O) groups excluding carboxylic acids is 1. The fourth-order valence-electron chi connectivity index (χ4n) is 3.79. The average molecular weight is 267 g/mol. The van der Waals surface area contributed by atoms with Gasteiger partial charge in [-0.25, -0.2) is 0 Å². The van der Waals surface area contributed by atoms with Crippen LogP contribution in [0.25, 0.3) is 0 Å². The number of aliphatic hydroxyl groups is 1. The van der Waals surface area contributed by atoms with Crippen LogP contribution in [0, 0.1) is 17.3 Å². The number of aliphatic hydroxyl groups excluding tert-OH is 1. The van der Waals surface area contributed by atoms with Crippen LogP contribution < -0.4 is 5.32 Å². The highest BCUT2D eigenvalue weighted by Gasteiger charge is 2.35. The summed E-state index contributed by atoms with van der Waals surface area (Å²) in [5, 5.41) is 12.6. The first-order chi connectivity index (χ1) is 9.15. The molecule has 1 amide bonds. The van der Waals surface area contributed by atoms with Crippen molar-refractivity contribution >= 4 is 5.91 Å². The number of nitrogens with one attached hydrogen (secondary N) is 1. The minimum Gasteiger partial charge on any atom is -0.396 e. The molecule has 0 saturated heterocycles. The van der Waals surface area contributed by atoms with Crippen LogP contribution in [-0.4, -0.2) is 24.2 Å². The van der Waals surface area contributed by atoms with E-state index in [2.05, 4.69) is 12.2 Å². The molecule has 110 valence electrons. The van der Waals surface area contributed by atoms with Gasteiger partial charge in [-0.05, 0) is 37.5 Å². The summed E-state index contributed by atoms with van der Waals surface area (Å²) in [7, 11) is 0. The van der Waals surface area contributed by atoms with Gasteiger partial charge in [0.1, 0.15) is 0 Å². The van der Waals surface area contributed by atoms with Crippen molar-refractivity contribution in [3.05, 3.63) is 0 Å². The second kappa shape index (κ2) is 6.74. The van der Waals surface area contributed by atoms with Gasteiger partial charge in [0.15, 0.2) is 0 Å². The molecule has 2 N–H and O–H groups in total. The zero-order valence-corrected chi connectivity index (χ0v) is 12.3. The second-order valence-corrected chi connectivity index (χ2v) is 6.82. The van der Waals surface area contributed by atoms with Gasteiger partial charge in [-0.2, -0.15) is 0 Å². The predicted molar refractivity (Wildman–Crippen MR) is 76.7 cm³/mol. The molecule has 3 heteroatoms. The lowest BCUT2D eigenvalue weighted by molar-refractivity contribution is -0.132. The highest BCUT2D eigenvalue weighted by atomic mass is 16.3. The van der Waals surface area contributed by atoms with Gasteiger partial charge in [0.05, 0.1) is 0 Å². The number of carbonyl (C=O) groups is 1. The zero-order valence-electron chi connectivity index (χ0n) is 12.3. The molecule has 0 aliphatic heterocycles. The minimum atomic E-state index is -0.137. The summed E-state index contributed by atoms with van der Waals surface area (Å²) in [6.07, 6.45) is 10.5. The van der Waals surface area contributed by atoms with E-state index < -0.39 is 0 Å². The Hall–Kier alpha value is -0.570. The third kappa shape index (κ3) is 3.71. The van der Waals surface area contributed by atoms with Crippen LogP contribution in [-0.2, 0) is 4.79 Å². The molecule has 0 heterocycles. The molecule has 0 aromatic carbocycles. The van der Waals surface area contributed by atoms with Gasteiger partial charge < -0.3 is 10.4 Å². The van der Waals surface area contributed by atoms with Crippen LogP contribution in [0.15, 0.2) is 0 Å². The predicted octanol–water partition coefficient (Wildman–Crippen LogP) is 2.87. The van der Waals surface area contributed by atoms with Crippen LogP contribution in [0.4, 0.5) is 0 Å². The molecule has 3 nitrogen and oxygen atoms in total. The monoisotopic (exact) mass is 267 g/mol. The molecule has 19 heavy (non-hydrogen) atoms. The van der Waals surface area contributed by atoms with Gasteiger partial charge in [-0.1, -0.05) is 39.0 Å². The van der Waals surface area contributed by atoms with Crippen molar-refractivity contribution in [1.82, 2.24) is 5.32 Å². The van der Waals surface area contributed by atoms with Crippen LogP contribution in [0.5, 0.6) is 0 Å². The van der Waals surface area contributed by atoms with Crippen molar-refractivity contribution in [2.24, 2.45) is 17.3 Å². The lowest BCUT2D eigenvalue weighted by atomic mass is 9.74. The molecule has 0 aromatic rings. The normalized spacial score (nSPS) is 30.8. The van der Waals surface area contributed by atoms with Gasteiger partial charge in [-0.15, -0.1) is 0 Å². The van der Waals surface area contributed by atoms with E-state index in [1.807, 2.05) is 0 Å². The Morgan fingerprint density at radius 1 is 1.11 bits per heavy atom. The average Bonchev–Trinajstić information content (AvgIpc) is 2.45. The summed E-state index contributed by atoms with van der Waals surface area (Å²) in [4.78, 5) is 12.4. The quantitative estimate of drug-likeness (QED) is 0.823. The van der Waals surface area contributed by atoms with Crippen molar-refractivity contribution in [3.63, 3.8) is 0 Å². The van der Waals surface area contributed by atoms with Gasteiger partial charge >= 0.3 is 0 Å². The second-order valence-electron chi connectivity index (χ2n) is 6.82. The van der Waals surface area contributed by atoms with Crippen LogP contribution in [0.1, 0.15) is 64.7 Å². The summed E-state index contributed by atoms with van der Waals surface area (Å²) in [5.74, 6) is 1.12. The van der Waals surface area contributed by atoms with Crippen molar-refractivity contribution in [1.29, 1.82) is 0 Å². The fourth-order valence-corrected chi connectivity index (χ4v) is 3.79. The third-order valence-corrected chi connectivity index (χ3v) is 5.33.